The van der Waals surface area contributed by atoms with E-state index in [0.29, 0.717) is 26.3 Å². The monoisotopic (exact) mass is 461 g/mol. The van der Waals surface area contributed by atoms with Crippen LogP contribution < -0.4 is 4.90 Å². The Bertz CT molecular complexity index is 1410. The number of aliphatic hydroxyl groups is 1. The van der Waals surface area contributed by atoms with Crippen molar-refractivity contribution in [2.75, 3.05) is 4.90 Å². The number of benzene rings is 3. The molecular weight excluding hydrogens is 446 g/mol. The summed E-state index contributed by atoms with van der Waals surface area (Å²) in [6, 6.07) is 19.0. The molecule has 32 heavy (non-hydrogen) atoms. The van der Waals surface area contributed by atoms with Crippen molar-refractivity contribution in [3.8, 4) is 0 Å². The highest BCUT2D eigenvalue weighted by Crippen LogP contribution is 2.44. The zero-order chi connectivity index (χ0) is 22.4. The van der Waals surface area contributed by atoms with Gasteiger partial charge in [0.25, 0.3) is 5.78 Å². The van der Waals surface area contributed by atoms with Gasteiger partial charge in [-0.3, -0.25) is 14.5 Å². The van der Waals surface area contributed by atoms with Crippen LogP contribution in [0.15, 0.2) is 72.3 Å². The van der Waals surface area contributed by atoms with E-state index in [1.54, 1.807) is 31.2 Å². The molecule has 8 heteroatoms. The summed E-state index contributed by atoms with van der Waals surface area (Å²) < 4.78 is 0. The largest absolute Gasteiger partial charge is 0.507 e. The van der Waals surface area contributed by atoms with Gasteiger partial charge in [0, 0.05) is 10.6 Å². The number of ketones is 1. The van der Waals surface area contributed by atoms with Crippen LogP contribution in [-0.4, -0.2) is 27.0 Å². The molecule has 5 rings (SSSR count). The van der Waals surface area contributed by atoms with Crippen molar-refractivity contribution < 1.29 is 14.7 Å². The van der Waals surface area contributed by atoms with E-state index in [1.807, 2.05) is 42.5 Å². The van der Waals surface area contributed by atoms with E-state index in [4.69, 9.17) is 11.6 Å². The van der Waals surface area contributed by atoms with E-state index in [9.17, 15) is 14.7 Å². The van der Waals surface area contributed by atoms with Gasteiger partial charge in [0.15, 0.2) is 0 Å². The fourth-order valence-corrected chi connectivity index (χ4v) is 4.80. The van der Waals surface area contributed by atoms with Crippen LogP contribution in [0.3, 0.4) is 0 Å². The lowest BCUT2D eigenvalue weighted by atomic mass is 9.92. The van der Waals surface area contributed by atoms with Crippen LogP contribution in [0.5, 0.6) is 0 Å². The molecule has 0 spiro atoms. The molecule has 0 radical (unpaired) electrons. The maximum atomic E-state index is 13.2. The topological polar surface area (TPSA) is 83.4 Å². The average Bonchev–Trinajstić information content (AvgIpc) is 3.34. The summed E-state index contributed by atoms with van der Waals surface area (Å²) in [6.07, 6.45) is 0. The average molecular weight is 462 g/mol. The van der Waals surface area contributed by atoms with Crippen molar-refractivity contribution in [3.05, 3.63) is 93.5 Å². The van der Waals surface area contributed by atoms with Crippen LogP contribution in [0.1, 0.15) is 22.2 Å². The molecule has 1 N–H and O–H groups in total. The Kier molecular flexibility index (Phi) is 5.00. The lowest BCUT2D eigenvalue weighted by Gasteiger charge is -2.24. The van der Waals surface area contributed by atoms with Gasteiger partial charge in [-0.2, -0.15) is 0 Å². The number of amides is 1. The van der Waals surface area contributed by atoms with E-state index in [2.05, 4.69) is 10.2 Å². The minimum Gasteiger partial charge on any atom is -0.507 e. The van der Waals surface area contributed by atoms with Gasteiger partial charge >= 0.3 is 5.91 Å². The Hall–Kier alpha value is -3.55. The highest BCUT2D eigenvalue weighted by atomic mass is 35.5. The third-order valence-electron chi connectivity index (χ3n) is 5.40. The van der Waals surface area contributed by atoms with Gasteiger partial charge in [0.05, 0.1) is 11.6 Å². The minimum absolute atomic E-state index is 0.00142. The van der Waals surface area contributed by atoms with E-state index < -0.39 is 17.7 Å². The molecule has 2 heterocycles. The molecular formula is C24H16ClN3O3S. The number of halogens is 1. The van der Waals surface area contributed by atoms with Crippen LogP contribution in [0.4, 0.5) is 5.13 Å². The summed E-state index contributed by atoms with van der Waals surface area (Å²) in [5.41, 5.74) is 1.11. The molecule has 1 aliphatic rings. The highest BCUT2D eigenvalue weighted by Gasteiger charge is 2.48. The number of aliphatic hydroxyl groups excluding tert-OH is 1. The standard InChI is InChI=1S/C24H16ClN3O3S/c1-13-26-27-24(32-13)28-20(18-8-4-6-14-5-2-3-7-17(14)18)19(22(30)23(28)31)21(29)15-9-11-16(25)12-10-15/h2-12,20,29H,1H3/t20-/m0/s1. The van der Waals surface area contributed by atoms with Crippen LogP contribution in [0.2, 0.25) is 5.02 Å². The summed E-state index contributed by atoms with van der Waals surface area (Å²) in [4.78, 5) is 27.7. The van der Waals surface area contributed by atoms with Gasteiger partial charge in [0.1, 0.15) is 10.8 Å². The third-order valence-corrected chi connectivity index (χ3v) is 6.49. The van der Waals surface area contributed by atoms with Crippen molar-refractivity contribution >= 4 is 56.3 Å². The number of hydrogen-bond donors (Lipinski definition) is 1. The number of Topliss-reactive ketones (excluding diaryl/α,β-unsaturated/α-hetero) is 1. The molecule has 3 aromatic carbocycles. The number of rotatable bonds is 3. The lowest BCUT2D eigenvalue weighted by molar-refractivity contribution is -0.132. The number of anilines is 1. The molecule has 1 aromatic heterocycles. The van der Waals surface area contributed by atoms with Crippen LogP contribution in [0.25, 0.3) is 16.5 Å². The van der Waals surface area contributed by atoms with Gasteiger partial charge in [-0.15, -0.1) is 10.2 Å². The second kappa shape index (κ2) is 7.85. The van der Waals surface area contributed by atoms with Crippen LogP contribution >= 0.6 is 22.9 Å². The molecule has 1 saturated heterocycles. The van der Waals surface area contributed by atoms with E-state index in [1.165, 1.54) is 16.2 Å². The summed E-state index contributed by atoms with van der Waals surface area (Å²) in [5, 5.41) is 22.6. The van der Waals surface area contributed by atoms with E-state index in [0.717, 1.165) is 10.8 Å². The number of carbonyl (C=O) groups excluding carboxylic acids is 2. The van der Waals surface area contributed by atoms with Crippen molar-refractivity contribution in [1.29, 1.82) is 0 Å². The Balaban J connectivity index is 1.80. The van der Waals surface area contributed by atoms with Crippen molar-refractivity contribution in [2.24, 2.45) is 0 Å². The first kappa shape index (κ1) is 20.4. The lowest BCUT2D eigenvalue weighted by Crippen LogP contribution is -2.29. The van der Waals surface area contributed by atoms with Gasteiger partial charge in [-0.25, -0.2) is 0 Å². The number of aromatic nitrogens is 2. The predicted molar refractivity (Wildman–Crippen MR) is 125 cm³/mol. The fraction of sp³-hybridized carbons (Fsp3) is 0.0833. The molecule has 1 aliphatic heterocycles. The Morgan fingerprint density at radius 2 is 1.72 bits per heavy atom. The number of aryl methyl sites for hydroxylation is 1. The van der Waals surface area contributed by atoms with E-state index in [-0.39, 0.29) is 11.3 Å². The maximum Gasteiger partial charge on any atom is 0.301 e. The van der Waals surface area contributed by atoms with Gasteiger partial charge < -0.3 is 5.11 Å². The quantitative estimate of drug-likeness (QED) is 0.255. The van der Waals surface area contributed by atoms with Crippen molar-refractivity contribution in [3.63, 3.8) is 0 Å². The number of hydrogen-bond acceptors (Lipinski definition) is 6. The highest BCUT2D eigenvalue weighted by molar-refractivity contribution is 7.15. The van der Waals surface area contributed by atoms with Crippen LogP contribution in [-0.2, 0) is 9.59 Å². The summed E-state index contributed by atoms with van der Waals surface area (Å²) in [5.74, 6) is -1.79. The fourth-order valence-electron chi connectivity index (χ4n) is 3.96. The van der Waals surface area contributed by atoms with Gasteiger partial charge in [-0.1, -0.05) is 65.4 Å². The molecule has 0 unspecified atom stereocenters. The molecule has 1 amide bonds. The zero-order valence-electron chi connectivity index (χ0n) is 16.8. The summed E-state index contributed by atoms with van der Waals surface area (Å²) >= 11 is 7.20. The van der Waals surface area contributed by atoms with Gasteiger partial charge in [0.2, 0.25) is 5.13 Å². The molecule has 0 saturated carbocycles. The maximum absolute atomic E-state index is 13.2. The van der Waals surface area contributed by atoms with Crippen molar-refractivity contribution in [1.82, 2.24) is 10.2 Å². The first-order valence-corrected chi connectivity index (χ1v) is 11.0. The predicted octanol–water partition coefficient (Wildman–Crippen LogP) is 5.28. The Morgan fingerprint density at radius 3 is 2.44 bits per heavy atom. The Labute approximate surface area is 192 Å². The Morgan fingerprint density at radius 1 is 1.00 bits per heavy atom. The number of nitrogens with zero attached hydrogens (tertiary/aromatic N) is 3. The molecule has 1 fully saturated rings. The molecule has 6 nitrogen and oxygen atoms in total. The first-order valence-electron chi connectivity index (χ1n) is 9.80. The normalized spacial score (nSPS) is 17.9. The molecule has 0 aliphatic carbocycles. The second-order valence-electron chi connectivity index (χ2n) is 7.35. The van der Waals surface area contributed by atoms with E-state index >= 15 is 0 Å². The van der Waals surface area contributed by atoms with Gasteiger partial charge in [-0.05, 0) is 47.5 Å². The number of fused-ring (bicyclic) bond motifs is 1. The zero-order valence-corrected chi connectivity index (χ0v) is 18.4. The first-order chi connectivity index (χ1) is 15.5. The SMILES string of the molecule is Cc1nnc(N2C(=O)C(=O)C(=C(O)c3ccc(Cl)cc3)[C@@H]2c2cccc3ccccc23)s1. The van der Waals surface area contributed by atoms with Crippen molar-refractivity contribution in [2.45, 2.75) is 13.0 Å². The third kappa shape index (κ3) is 3.26. The molecule has 158 valence electrons. The van der Waals surface area contributed by atoms with Crippen LogP contribution in [0, 0.1) is 6.92 Å². The summed E-state index contributed by atoms with van der Waals surface area (Å²) in [6.45, 7) is 1.78. The molecule has 0 bridgehead atoms. The number of carbonyl (C=O) groups is 2. The summed E-state index contributed by atoms with van der Waals surface area (Å²) in [7, 11) is 0. The second-order valence-corrected chi connectivity index (χ2v) is 8.94. The molecule has 1 atom stereocenters. The smallest absolute Gasteiger partial charge is 0.301 e. The minimum atomic E-state index is -0.857. The molecule has 4 aromatic rings.